The third-order valence-electron chi connectivity index (χ3n) is 4.40. The summed E-state index contributed by atoms with van der Waals surface area (Å²) in [7, 11) is 0. The third kappa shape index (κ3) is 2.96. The summed E-state index contributed by atoms with van der Waals surface area (Å²) in [5, 5.41) is 7.85. The Bertz CT molecular complexity index is 747. The molecule has 2 aromatic rings. The van der Waals surface area contributed by atoms with Crippen LogP contribution in [0.5, 0.6) is 0 Å². The quantitative estimate of drug-likeness (QED) is 0.864. The summed E-state index contributed by atoms with van der Waals surface area (Å²) in [5.41, 5.74) is 2.86. The zero-order chi connectivity index (χ0) is 17.4. The number of morpholine rings is 1. The zero-order valence-corrected chi connectivity index (χ0v) is 14.9. The molecule has 1 amide bonds. The smallest absolute Gasteiger partial charge is 0.255 e. The van der Waals surface area contributed by atoms with Crippen molar-refractivity contribution >= 4 is 5.91 Å². The highest BCUT2D eigenvalue weighted by Gasteiger charge is 2.31. The van der Waals surface area contributed by atoms with Gasteiger partial charge in [0, 0.05) is 30.9 Å². The number of hydrogen-bond donors (Lipinski definition) is 0. The Labute approximate surface area is 141 Å². The third-order valence-corrected chi connectivity index (χ3v) is 4.40. The number of carbonyl (C=O) groups excluding carboxylic acids is 1. The number of amides is 1. The van der Waals surface area contributed by atoms with Gasteiger partial charge in [-0.05, 0) is 33.8 Å². The van der Waals surface area contributed by atoms with Gasteiger partial charge in [0.15, 0.2) is 6.10 Å². The summed E-state index contributed by atoms with van der Waals surface area (Å²) in [6.45, 7) is 11.5. The summed E-state index contributed by atoms with van der Waals surface area (Å²) in [6.07, 6.45) is -0.363. The second-order valence-corrected chi connectivity index (χ2v) is 6.52. The first kappa shape index (κ1) is 16.7. The molecular weight excluding hydrogens is 308 g/mol. The molecule has 0 unspecified atom stereocenters. The minimum absolute atomic E-state index is 0.0273. The minimum atomic E-state index is -0.363. The van der Waals surface area contributed by atoms with Gasteiger partial charge in [-0.3, -0.25) is 4.79 Å². The van der Waals surface area contributed by atoms with Gasteiger partial charge in [-0.2, -0.15) is 0 Å². The van der Waals surface area contributed by atoms with Crippen LogP contribution in [0.4, 0.5) is 0 Å². The van der Waals surface area contributed by atoms with Gasteiger partial charge in [-0.15, -0.1) is 10.2 Å². The number of aryl methyl sites for hydroxylation is 2. The van der Waals surface area contributed by atoms with Crippen LogP contribution < -0.4 is 0 Å². The molecule has 0 bridgehead atoms. The van der Waals surface area contributed by atoms with Crippen molar-refractivity contribution in [2.75, 3.05) is 19.7 Å². The first-order chi connectivity index (χ1) is 11.4. The van der Waals surface area contributed by atoms with E-state index in [1.165, 1.54) is 0 Å². The van der Waals surface area contributed by atoms with Crippen molar-refractivity contribution in [3.8, 4) is 0 Å². The lowest BCUT2D eigenvalue weighted by Crippen LogP contribution is -2.42. The largest absolute Gasteiger partial charge is 0.423 e. The fourth-order valence-corrected chi connectivity index (χ4v) is 3.38. The van der Waals surface area contributed by atoms with Crippen molar-refractivity contribution < 1.29 is 13.9 Å². The van der Waals surface area contributed by atoms with Crippen LogP contribution in [0.15, 0.2) is 10.5 Å². The highest BCUT2D eigenvalue weighted by molar-refractivity contribution is 5.95. The van der Waals surface area contributed by atoms with E-state index in [9.17, 15) is 4.79 Å². The molecule has 1 atom stereocenters. The molecule has 1 aliphatic rings. The lowest BCUT2D eigenvalue weighted by Gasteiger charge is -2.31. The molecular formula is C17H24N4O3. The van der Waals surface area contributed by atoms with Crippen LogP contribution in [0.3, 0.4) is 0 Å². The molecule has 2 aromatic heterocycles. The molecule has 3 heterocycles. The number of aromatic nitrogens is 3. The maximum atomic E-state index is 13.0. The van der Waals surface area contributed by atoms with Gasteiger partial charge in [0.2, 0.25) is 11.8 Å². The fourth-order valence-electron chi connectivity index (χ4n) is 3.38. The highest BCUT2D eigenvalue weighted by atomic mass is 16.5. The predicted octanol–water partition coefficient (Wildman–Crippen LogP) is 2.59. The van der Waals surface area contributed by atoms with Crippen molar-refractivity contribution in [1.29, 1.82) is 0 Å². The molecule has 130 valence electrons. The number of rotatable bonds is 3. The van der Waals surface area contributed by atoms with Crippen LogP contribution in [0.2, 0.25) is 0 Å². The monoisotopic (exact) mass is 332 g/mol. The molecule has 1 saturated heterocycles. The summed E-state index contributed by atoms with van der Waals surface area (Å²) in [5.74, 6) is 0.953. The number of hydrogen-bond acceptors (Lipinski definition) is 5. The lowest BCUT2D eigenvalue weighted by atomic mass is 10.2. The topological polar surface area (TPSA) is 73.4 Å². The van der Waals surface area contributed by atoms with Gasteiger partial charge in [0.05, 0.1) is 18.7 Å². The van der Waals surface area contributed by atoms with E-state index >= 15 is 0 Å². The van der Waals surface area contributed by atoms with Crippen LogP contribution in [-0.4, -0.2) is 45.3 Å². The average molecular weight is 332 g/mol. The van der Waals surface area contributed by atoms with Crippen LogP contribution >= 0.6 is 0 Å². The highest BCUT2D eigenvalue weighted by Crippen LogP contribution is 2.25. The standard InChI is InChI=1S/C17H24N4O3/c1-10(2)21-11(3)8-14(12(21)4)17(22)20-6-7-23-15(9-20)16-19-18-13(5)24-16/h8,10,15H,6-7,9H2,1-5H3/t15-/m1/s1. The first-order valence-corrected chi connectivity index (χ1v) is 8.27. The average Bonchev–Trinajstić information content (AvgIpc) is 3.10. The number of ether oxygens (including phenoxy) is 1. The number of carbonyl (C=O) groups is 1. The predicted molar refractivity (Wildman–Crippen MR) is 87.9 cm³/mol. The van der Waals surface area contributed by atoms with E-state index in [1.807, 2.05) is 19.9 Å². The van der Waals surface area contributed by atoms with Gasteiger partial charge in [0.1, 0.15) is 0 Å². The van der Waals surface area contributed by atoms with Gasteiger partial charge < -0.3 is 18.6 Å². The summed E-state index contributed by atoms with van der Waals surface area (Å²) in [4.78, 5) is 14.8. The molecule has 1 aliphatic heterocycles. The van der Waals surface area contributed by atoms with Crippen molar-refractivity contribution in [3.63, 3.8) is 0 Å². The van der Waals surface area contributed by atoms with E-state index in [2.05, 4.69) is 28.6 Å². The van der Waals surface area contributed by atoms with Crippen LogP contribution in [0.25, 0.3) is 0 Å². The van der Waals surface area contributed by atoms with E-state index in [1.54, 1.807) is 11.8 Å². The van der Waals surface area contributed by atoms with Gasteiger partial charge in [0.25, 0.3) is 5.91 Å². The van der Waals surface area contributed by atoms with Crippen molar-refractivity contribution in [3.05, 3.63) is 34.8 Å². The molecule has 7 nitrogen and oxygen atoms in total. The van der Waals surface area contributed by atoms with Gasteiger partial charge in [-0.25, -0.2) is 0 Å². The molecule has 7 heteroatoms. The molecule has 0 N–H and O–H groups in total. The van der Waals surface area contributed by atoms with Crippen LogP contribution in [0.1, 0.15) is 59.5 Å². The Balaban J connectivity index is 1.81. The van der Waals surface area contributed by atoms with Gasteiger partial charge in [-0.1, -0.05) is 0 Å². The molecule has 0 saturated carbocycles. The van der Waals surface area contributed by atoms with Crippen molar-refractivity contribution in [2.45, 2.75) is 46.8 Å². The molecule has 0 aliphatic carbocycles. The Morgan fingerprint density at radius 2 is 2.04 bits per heavy atom. The van der Waals surface area contributed by atoms with E-state index < -0.39 is 0 Å². The first-order valence-electron chi connectivity index (χ1n) is 8.27. The van der Waals surface area contributed by atoms with E-state index in [0.717, 1.165) is 17.0 Å². The Hall–Kier alpha value is -2.15. The second-order valence-electron chi connectivity index (χ2n) is 6.52. The molecule has 0 aromatic carbocycles. The molecule has 0 radical (unpaired) electrons. The Kier molecular flexibility index (Phi) is 4.45. The maximum absolute atomic E-state index is 13.0. The lowest BCUT2D eigenvalue weighted by molar-refractivity contribution is -0.0349. The normalized spacial score (nSPS) is 18.4. The van der Waals surface area contributed by atoms with Crippen molar-refractivity contribution in [1.82, 2.24) is 19.7 Å². The zero-order valence-electron chi connectivity index (χ0n) is 14.9. The molecule has 3 rings (SSSR count). The van der Waals surface area contributed by atoms with Crippen LogP contribution in [-0.2, 0) is 4.74 Å². The second kappa shape index (κ2) is 6.39. The van der Waals surface area contributed by atoms with Crippen LogP contribution in [0, 0.1) is 20.8 Å². The van der Waals surface area contributed by atoms with Gasteiger partial charge >= 0.3 is 0 Å². The van der Waals surface area contributed by atoms with E-state index in [0.29, 0.717) is 37.5 Å². The maximum Gasteiger partial charge on any atom is 0.255 e. The summed E-state index contributed by atoms with van der Waals surface area (Å²) >= 11 is 0. The Morgan fingerprint density at radius 1 is 1.29 bits per heavy atom. The molecule has 24 heavy (non-hydrogen) atoms. The summed E-state index contributed by atoms with van der Waals surface area (Å²) in [6, 6.07) is 2.30. The van der Waals surface area contributed by atoms with Crippen molar-refractivity contribution in [2.24, 2.45) is 0 Å². The Morgan fingerprint density at radius 3 is 2.62 bits per heavy atom. The van der Waals surface area contributed by atoms with E-state index in [-0.39, 0.29) is 12.0 Å². The van der Waals surface area contributed by atoms with E-state index in [4.69, 9.17) is 9.15 Å². The fraction of sp³-hybridized carbons (Fsp3) is 0.588. The SMILES string of the molecule is Cc1nnc([C@H]2CN(C(=O)c3cc(C)n(C(C)C)c3C)CCO2)o1. The minimum Gasteiger partial charge on any atom is -0.423 e. The number of nitrogens with zero attached hydrogens (tertiary/aromatic N) is 4. The summed E-state index contributed by atoms with van der Waals surface area (Å²) < 4.78 is 13.3. The molecule has 1 fully saturated rings. The molecule has 0 spiro atoms.